The van der Waals surface area contributed by atoms with Gasteiger partial charge in [-0.25, -0.2) is 4.79 Å². The molecule has 28 heavy (non-hydrogen) atoms. The smallest absolute Gasteiger partial charge is 0.322 e. The fourth-order valence-electron chi connectivity index (χ4n) is 4.07. The van der Waals surface area contributed by atoms with E-state index in [1.54, 1.807) is 4.90 Å². The number of nitrogens with two attached hydrogens (primary N) is 1. The molecule has 2 saturated heterocycles. The summed E-state index contributed by atoms with van der Waals surface area (Å²) in [4.78, 5) is 28.7. The molecular weight excluding hydrogens is 376 g/mol. The summed E-state index contributed by atoms with van der Waals surface area (Å²) < 4.78 is 0. The molecule has 4 rings (SSSR count). The van der Waals surface area contributed by atoms with E-state index in [1.165, 1.54) is 5.56 Å². The quantitative estimate of drug-likeness (QED) is 0.830. The average Bonchev–Trinajstić information content (AvgIpc) is 3.28. The van der Waals surface area contributed by atoms with Crippen LogP contribution in [-0.4, -0.2) is 49.1 Å². The summed E-state index contributed by atoms with van der Waals surface area (Å²) in [5.74, 6) is 0.117. The zero-order chi connectivity index (χ0) is 19.0. The van der Waals surface area contributed by atoms with Crippen molar-refractivity contribution in [3.05, 3.63) is 65.2 Å². The van der Waals surface area contributed by atoms with E-state index in [9.17, 15) is 9.59 Å². The number of nitrogens with one attached hydrogen (secondary N) is 1. The van der Waals surface area contributed by atoms with Crippen LogP contribution in [-0.2, 0) is 0 Å². The number of urea groups is 1. The maximum Gasteiger partial charge on any atom is 0.322 e. The Labute approximate surface area is 171 Å². The number of anilines is 1. The molecule has 0 aliphatic carbocycles. The second-order valence-electron chi connectivity index (χ2n) is 7.22. The molecule has 148 valence electrons. The molecule has 0 unspecified atom stereocenters. The lowest BCUT2D eigenvalue weighted by atomic mass is 9.95. The number of hydrogen-bond donors (Lipinski definition) is 2. The third-order valence-electron chi connectivity index (χ3n) is 5.56. The van der Waals surface area contributed by atoms with Crippen molar-refractivity contribution >= 4 is 30.0 Å². The van der Waals surface area contributed by atoms with Crippen LogP contribution in [0.25, 0.3) is 0 Å². The van der Waals surface area contributed by atoms with Gasteiger partial charge < -0.3 is 16.0 Å². The van der Waals surface area contributed by atoms with Crippen molar-refractivity contribution in [3.63, 3.8) is 0 Å². The molecule has 0 saturated carbocycles. The molecule has 7 heteroatoms. The first-order valence-corrected chi connectivity index (χ1v) is 9.31. The molecule has 0 bridgehead atoms. The van der Waals surface area contributed by atoms with Crippen molar-refractivity contribution in [3.8, 4) is 0 Å². The molecular formula is C21H25ClN4O2. The highest BCUT2D eigenvalue weighted by Crippen LogP contribution is 2.30. The lowest BCUT2D eigenvalue weighted by molar-refractivity contribution is 0.0788. The number of carbonyl (C=O) groups excluding carboxylic acids is 2. The molecule has 2 aromatic rings. The van der Waals surface area contributed by atoms with E-state index in [2.05, 4.69) is 17.4 Å². The van der Waals surface area contributed by atoms with Gasteiger partial charge in [0.2, 0.25) is 0 Å². The van der Waals surface area contributed by atoms with Crippen molar-refractivity contribution < 1.29 is 9.59 Å². The molecule has 0 spiro atoms. The van der Waals surface area contributed by atoms with Crippen molar-refractivity contribution in [2.24, 2.45) is 5.73 Å². The van der Waals surface area contributed by atoms with Gasteiger partial charge in [-0.15, -0.1) is 12.4 Å². The van der Waals surface area contributed by atoms with Gasteiger partial charge in [0, 0.05) is 49.4 Å². The first-order valence-electron chi connectivity index (χ1n) is 9.31. The summed E-state index contributed by atoms with van der Waals surface area (Å²) in [6.07, 6.45) is 0. The van der Waals surface area contributed by atoms with Gasteiger partial charge in [0.1, 0.15) is 0 Å². The minimum atomic E-state index is -0.116. The van der Waals surface area contributed by atoms with Crippen molar-refractivity contribution in [2.45, 2.75) is 18.9 Å². The van der Waals surface area contributed by atoms with Gasteiger partial charge in [-0.2, -0.15) is 0 Å². The van der Waals surface area contributed by atoms with E-state index in [0.717, 1.165) is 11.3 Å². The van der Waals surface area contributed by atoms with E-state index in [-0.39, 0.29) is 36.3 Å². The summed E-state index contributed by atoms with van der Waals surface area (Å²) in [5, 5.41) is 2.80. The van der Waals surface area contributed by atoms with Gasteiger partial charge in [-0.05, 0) is 30.2 Å². The number of rotatable bonds is 3. The minimum absolute atomic E-state index is 0. The second kappa shape index (κ2) is 8.20. The summed E-state index contributed by atoms with van der Waals surface area (Å²) >= 11 is 0. The van der Waals surface area contributed by atoms with E-state index < -0.39 is 0 Å². The Balaban J connectivity index is 0.00000225. The third-order valence-corrected chi connectivity index (χ3v) is 5.56. The van der Waals surface area contributed by atoms with Crippen LogP contribution in [0.4, 0.5) is 10.5 Å². The summed E-state index contributed by atoms with van der Waals surface area (Å²) in [7, 11) is 0. The van der Waals surface area contributed by atoms with E-state index >= 15 is 0 Å². The molecule has 2 aromatic carbocycles. The van der Waals surface area contributed by atoms with Gasteiger partial charge >= 0.3 is 6.03 Å². The maximum atomic E-state index is 13.2. The normalized spacial score (nSPS) is 21.4. The minimum Gasteiger partial charge on any atom is -0.336 e. The van der Waals surface area contributed by atoms with Gasteiger partial charge in [-0.3, -0.25) is 9.69 Å². The predicted octanol–water partition coefficient (Wildman–Crippen LogP) is 2.51. The van der Waals surface area contributed by atoms with Crippen molar-refractivity contribution in [2.75, 3.05) is 31.1 Å². The molecule has 2 atom stereocenters. The predicted molar refractivity (Wildman–Crippen MR) is 112 cm³/mol. The highest BCUT2D eigenvalue weighted by atomic mass is 35.5. The third kappa shape index (κ3) is 3.57. The molecule has 3 amide bonds. The van der Waals surface area contributed by atoms with Gasteiger partial charge in [0.05, 0.1) is 0 Å². The van der Waals surface area contributed by atoms with Crippen LogP contribution in [0, 0.1) is 6.92 Å². The molecule has 2 fully saturated rings. The lowest BCUT2D eigenvalue weighted by Gasteiger charge is -2.22. The lowest BCUT2D eigenvalue weighted by Crippen LogP contribution is -2.33. The SMILES string of the molecule is Cc1c(C(=O)N2C[C@@H](N)[C@H](c3ccccc3)C2)cccc1N1CCNC1=O.Cl. The van der Waals surface area contributed by atoms with Crippen LogP contribution in [0.5, 0.6) is 0 Å². The summed E-state index contributed by atoms with van der Waals surface area (Å²) in [6, 6.07) is 15.5. The highest BCUT2D eigenvalue weighted by molar-refractivity contribution is 6.00. The standard InChI is InChI=1S/C21H24N4O2.ClH/c1-14-16(8-5-9-19(14)25-11-10-23-21(25)27)20(26)24-12-17(18(22)13-24)15-6-3-2-4-7-15;/h2-9,17-18H,10-13,22H2,1H3,(H,23,27);1H/t17-,18+;/m0./s1. The van der Waals surface area contributed by atoms with Crippen LogP contribution in [0.1, 0.15) is 27.4 Å². The van der Waals surface area contributed by atoms with Crippen LogP contribution >= 0.6 is 12.4 Å². The fraction of sp³-hybridized carbons (Fsp3) is 0.333. The van der Waals surface area contributed by atoms with E-state index in [0.29, 0.717) is 31.7 Å². The number of likely N-dealkylation sites (tertiary alicyclic amines) is 1. The molecule has 0 radical (unpaired) electrons. The molecule has 0 aromatic heterocycles. The molecule has 2 heterocycles. The second-order valence-corrected chi connectivity index (χ2v) is 7.22. The van der Waals surface area contributed by atoms with Crippen molar-refractivity contribution in [1.82, 2.24) is 10.2 Å². The number of amides is 3. The Bertz CT molecular complexity index is 874. The first-order chi connectivity index (χ1) is 13.1. The first kappa shape index (κ1) is 20.2. The fourth-order valence-corrected chi connectivity index (χ4v) is 4.07. The Morgan fingerprint density at radius 3 is 2.54 bits per heavy atom. The van der Waals surface area contributed by atoms with Gasteiger partial charge in [0.25, 0.3) is 5.91 Å². The largest absolute Gasteiger partial charge is 0.336 e. The van der Waals surface area contributed by atoms with Crippen molar-refractivity contribution in [1.29, 1.82) is 0 Å². The molecule has 2 aliphatic heterocycles. The van der Waals surface area contributed by atoms with Crippen LogP contribution in [0.15, 0.2) is 48.5 Å². The Morgan fingerprint density at radius 2 is 1.86 bits per heavy atom. The Kier molecular flexibility index (Phi) is 5.91. The monoisotopic (exact) mass is 400 g/mol. The number of benzene rings is 2. The van der Waals surface area contributed by atoms with Crippen LogP contribution in [0.3, 0.4) is 0 Å². The van der Waals surface area contributed by atoms with E-state index in [1.807, 2.05) is 48.2 Å². The zero-order valence-electron chi connectivity index (χ0n) is 15.8. The number of carbonyl (C=O) groups is 2. The number of nitrogens with zero attached hydrogens (tertiary/aromatic N) is 2. The summed E-state index contributed by atoms with van der Waals surface area (Å²) in [5.41, 5.74) is 9.77. The summed E-state index contributed by atoms with van der Waals surface area (Å²) in [6.45, 7) is 4.28. The maximum absolute atomic E-state index is 13.2. The van der Waals surface area contributed by atoms with Crippen LogP contribution < -0.4 is 16.0 Å². The number of hydrogen-bond acceptors (Lipinski definition) is 3. The Hall–Kier alpha value is -2.57. The van der Waals surface area contributed by atoms with Gasteiger partial charge in [-0.1, -0.05) is 36.4 Å². The molecule has 3 N–H and O–H groups in total. The average molecular weight is 401 g/mol. The van der Waals surface area contributed by atoms with Gasteiger partial charge in [0.15, 0.2) is 0 Å². The molecule has 6 nitrogen and oxygen atoms in total. The van der Waals surface area contributed by atoms with Crippen LogP contribution in [0.2, 0.25) is 0 Å². The van der Waals surface area contributed by atoms with E-state index in [4.69, 9.17) is 5.73 Å². The topological polar surface area (TPSA) is 78.7 Å². The highest BCUT2D eigenvalue weighted by Gasteiger charge is 2.35. The zero-order valence-corrected chi connectivity index (χ0v) is 16.6. The number of halogens is 1. The molecule has 2 aliphatic rings. The Morgan fingerprint density at radius 1 is 1.11 bits per heavy atom.